The monoisotopic (exact) mass is 750 g/mol. The van der Waals surface area contributed by atoms with Gasteiger partial charge in [0.15, 0.2) is 5.84 Å². The second-order valence-electron chi connectivity index (χ2n) is 14.9. The van der Waals surface area contributed by atoms with Crippen LogP contribution in [0.2, 0.25) is 0 Å². The number of fused-ring (bicyclic) bond motifs is 9. The van der Waals surface area contributed by atoms with Gasteiger partial charge >= 0.3 is 0 Å². The minimum absolute atomic E-state index is 0.160. The molecule has 1 aliphatic carbocycles. The van der Waals surface area contributed by atoms with Crippen LogP contribution in [-0.2, 0) is 0 Å². The summed E-state index contributed by atoms with van der Waals surface area (Å²) in [6.45, 7) is 0. The number of aliphatic imine (C=N–C) groups is 2. The lowest BCUT2D eigenvalue weighted by Crippen LogP contribution is -2.43. The molecule has 2 aliphatic rings. The van der Waals surface area contributed by atoms with Crippen molar-refractivity contribution in [2.75, 3.05) is 0 Å². The zero-order valence-corrected chi connectivity index (χ0v) is 31.6. The highest BCUT2D eigenvalue weighted by molar-refractivity contribution is 7.25. The van der Waals surface area contributed by atoms with Crippen LogP contribution in [0.4, 0.5) is 0 Å². The molecular weight excluding hydrogens is 717 g/mol. The van der Waals surface area contributed by atoms with Crippen molar-refractivity contribution >= 4 is 86.9 Å². The Morgan fingerprint density at radius 2 is 1.33 bits per heavy atom. The third-order valence-corrected chi connectivity index (χ3v) is 12.7. The first-order chi connectivity index (χ1) is 28.2. The maximum Gasteiger partial charge on any atom is 0.159 e. The van der Waals surface area contributed by atoms with E-state index < -0.39 is 0 Å². The van der Waals surface area contributed by atoms with E-state index in [9.17, 15) is 0 Å². The highest BCUT2D eigenvalue weighted by Crippen LogP contribution is 2.42. The van der Waals surface area contributed by atoms with Gasteiger partial charge in [-0.2, -0.15) is 0 Å². The maximum atomic E-state index is 6.80. The SMILES string of the molecule is C1=CCC(C2N=C(c3ccccc3)N=C(c3cccc4c3oc3cccc(-c5ccc6sc7ccc(-n8c9ccccc9c9ccccc98)cc7c6c5)c34)N2)C=C1. The molecule has 2 unspecified atom stereocenters. The number of furan rings is 1. The molecule has 7 aromatic carbocycles. The Hall–Kier alpha value is -7.02. The molecular formula is C51H34N4OS. The quantitative estimate of drug-likeness (QED) is 0.190. The zero-order valence-electron chi connectivity index (χ0n) is 30.8. The van der Waals surface area contributed by atoms with E-state index in [0.717, 1.165) is 62.3 Å². The van der Waals surface area contributed by atoms with Crippen molar-refractivity contribution in [1.29, 1.82) is 0 Å². The summed E-state index contributed by atoms with van der Waals surface area (Å²) in [6.07, 6.45) is 9.41. The Morgan fingerprint density at radius 1 is 0.614 bits per heavy atom. The van der Waals surface area contributed by atoms with E-state index in [1.54, 1.807) is 0 Å². The van der Waals surface area contributed by atoms with Crippen LogP contribution >= 0.6 is 11.3 Å². The molecule has 270 valence electrons. The summed E-state index contributed by atoms with van der Waals surface area (Å²) in [7, 11) is 0. The van der Waals surface area contributed by atoms with Gasteiger partial charge in [0.1, 0.15) is 23.2 Å². The molecule has 1 N–H and O–H groups in total. The highest BCUT2D eigenvalue weighted by atomic mass is 32.1. The molecule has 0 fully saturated rings. The fraction of sp³-hybridized carbons (Fsp3) is 0.0588. The van der Waals surface area contributed by atoms with Gasteiger partial charge in [-0.1, -0.05) is 121 Å². The van der Waals surface area contributed by atoms with Gasteiger partial charge in [-0.3, -0.25) is 0 Å². The van der Waals surface area contributed by atoms with Gasteiger partial charge < -0.3 is 14.3 Å². The van der Waals surface area contributed by atoms with Crippen LogP contribution in [0, 0.1) is 5.92 Å². The van der Waals surface area contributed by atoms with Crippen molar-refractivity contribution in [2.24, 2.45) is 15.9 Å². The minimum Gasteiger partial charge on any atom is -0.455 e. The lowest BCUT2D eigenvalue weighted by atomic mass is 9.96. The Morgan fingerprint density at radius 3 is 2.14 bits per heavy atom. The molecule has 0 bridgehead atoms. The molecule has 2 atom stereocenters. The number of thiophene rings is 1. The Balaban J connectivity index is 0.995. The first-order valence-electron chi connectivity index (χ1n) is 19.5. The summed E-state index contributed by atoms with van der Waals surface area (Å²) >= 11 is 1.85. The lowest BCUT2D eigenvalue weighted by Gasteiger charge is -2.28. The molecule has 3 aromatic heterocycles. The fourth-order valence-corrected chi connectivity index (χ4v) is 9.99. The van der Waals surface area contributed by atoms with Crippen molar-refractivity contribution in [3.05, 3.63) is 187 Å². The number of nitrogens with one attached hydrogen (secondary N) is 1. The second kappa shape index (κ2) is 12.8. The first-order valence-corrected chi connectivity index (χ1v) is 20.3. The van der Waals surface area contributed by atoms with E-state index in [-0.39, 0.29) is 12.1 Å². The second-order valence-corrected chi connectivity index (χ2v) is 16.0. The first kappa shape index (κ1) is 32.2. The smallest absolute Gasteiger partial charge is 0.159 e. The normalized spacial score (nSPS) is 16.9. The average molecular weight is 751 g/mol. The largest absolute Gasteiger partial charge is 0.455 e. The van der Waals surface area contributed by atoms with E-state index in [4.69, 9.17) is 14.4 Å². The molecule has 0 radical (unpaired) electrons. The van der Waals surface area contributed by atoms with E-state index in [0.29, 0.717) is 0 Å². The number of amidine groups is 2. The topological polar surface area (TPSA) is 54.8 Å². The van der Waals surface area contributed by atoms with Crippen molar-refractivity contribution in [1.82, 2.24) is 9.88 Å². The number of hydrogen-bond acceptors (Lipinski definition) is 5. The van der Waals surface area contributed by atoms with Gasteiger partial charge in [-0.25, -0.2) is 9.98 Å². The standard InChI is InChI=1S/C51H34N4OS/c1-3-13-31(14-4-1)49-52-50(32-15-5-2-6-16-32)54-51(53-49)39-21-11-20-38-47-35(19-12-24-44(47)56-48(38)39)33-25-27-45-40(29-33)41-30-34(26-28-46(41)57-45)55-42-22-9-7-17-36(42)37-18-8-10-23-43(37)55/h1-15,17-30,32,50H,16H2,(H,52,53,54). The number of para-hydroxylation sites is 3. The third kappa shape index (κ3) is 5.14. The van der Waals surface area contributed by atoms with Crippen LogP contribution in [-0.4, -0.2) is 22.4 Å². The van der Waals surface area contributed by atoms with Gasteiger partial charge in [0.05, 0.1) is 16.6 Å². The van der Waals surface area contributed by atoms with Gasteiger partial charge in [0.25, 0.3) is 0 Å². The average Bonchev–Trinajstić information content (AvgIpc) is 3.96. The Bertz CT molecular complexity index is 3320. The molecule has 10 aromatic rings. The van der Waals surface area contributed by atoms with Gasteiger partial charge in [-0.15, -0.1) is 11.3 Å². The summed E-state index contributed by atoms with van der Waals surface area (Å²) in [5, 5.41) is 10.9. The van der Waals surface area contributed by atoms with E-state index in [2.05, 4.69) is 168 Å². The fourth-order valence-electron chi connectivity index (χ4n) is 8.92. The highest BCUT2D eigenvalue weighted by Gasteiger charge is 2.27. The van der Waals surface area contributed by atoms with Crippen LogP contribution in [0.5, 0.6) is 0 Å². The maximum absolute atomic E-state index is 6.80. The van der Waals surface area contributed by atoms with Crippen molar-refractivity contribution in [2.45, 2.75) is 12.6 Å². The molecule has 5 nitrogen and oxygen atoms in total. The van der Waals surface area contributed by atoms with Crippen LogP contribution in [0.25, 0.3) is 80.7 Å². The van der Waals surface area contributed by atoms with E-state index in [1.165, 1.54) is 47.7 Å². The summed E-state index contributed by atoms with van der Waals surface area (Å²) < 4.78 is 11.8. The van der Waals surface area contributed by atoms with Crippen molar-refractivity contribution in [3.8, 4) is 16.8 Å². The van der Waals surface area contributed by atoms with Gasteiger partial charge in [0, 0.05) is 58.9 Å². The third-order valence-electron chi connectivity index (χ3n) is 11.6. The van der Waals surface area contributed by atoms with Crippen molar-refractivity contribution in [3.63, 3.8) is 0 Å². The van der Waals surface area contributed by atoms with Crippen LogP contribution in [0.3, 0.4) is 0 Å². The van der Waals surface area contributed by atoms with Crippen LogP contribution in [0.15, 0.2) is 190 Å². The van der Waals surface area contributed by atoms with Gasteiger partial charge in [-0.05, 0) is 72.1 Å². The predicted molar refractivity (Wildman–Crippen MR) is 239 cm³/mol. The number of rotatable bonds is 5. The number of allylic oxidation sites excluding steroid dienone is 3. The van der Waals surface area contributed by atoms with Crippen LogP contribution < -0.4 is 5.32 Å². The zero-order chi connectivity index (χ0) is 37.5. The molecule has 57 heavy (non-hydrogen) atoms. The molecule has 0 saturated heterocycles. The van der Waals surface area contributed by atoms with E-state index >= 15 is 0 Å². The summed E-state index contributed by atoms with van der Waals surface area (Å²) in [4.78, 5) is 10.3. The summed E-state index contributed by atoms with van der Waals surface area (Å²) in [6, 6.07) is 54.3. The molecule has 4 heterocycles. The Kier molecular flexibility index (Phi) is 7.22. The number of hydrogen-bond donors (Lipinski definition) is 1. The molecule has 0 amide bonds. The molecule has 6 heteroatoms. The molecule has 12 rings (SSSR count). The summed E-state index contributed by atoms with van der Waals surface area (Å²) in [5.41, 5.74) is 9.49. The number of nitrogens with zero attached hydrogens (tertiary/aromatic N) is 3. The number of benzene rings is 7. The number of aromatic nitrogens is 1. The molecule has 0 saturated carbocycles. The Labute approximate surface area is 332 Å². The summed E-state index contributed by atoms with van der Waals surface area (Å²) in [5.74, 6) is 1.71. The van der Waals surface area contributed by atoms with Crippen molar-refractivity contribution < 1.29 is 4.42 Å². The minimum atomic E-state index is -0.160. The predicted octanol–water partition coefficient (Wildman–Crippen LogP) is 13.0. The van der Waals surface area contributed by atoms with E-state index in [1.807, 2.05) is 29.5 Å². The lowest BCUT2D eigenvalue weighted by molar-refractivity contribution is 0.475. The molecule has 0 spiro atoms. The van der Waals surface area contributed by atoms with Crippen LogP contribution in [0.1, 0.15) is 17.5 Å². The van der Waals surface area contributed by atoms with Gasteiger partial charge in [0.2, 0.25) is 0 Å². The molecule has 1 aliphatic heterocycles.